The summed E-state index contributed by atoms with van der Waals surface area (Å²) >= 11 is 0. The van der Waals surface area contributed by atoms with E-state index >= 15 is 0 Å². The highest BCUT2D eigenvalue weighted by atomic mass is 16.5. The fraction of sp³-hybridized carbons (Fsp3) is 0.440. The molecule has 2 N–H and O–H groups in total. The minimum Gasteiger partial charge on any atom is -0.483 e. The van der Waals surface area contributed by atoms with Crippen molar-refractivity contribution in [1.29, 1.82) is 0 Å². The molecule has 0 fully saturated rings. The lowest BCUT2D eigenvalue weighted by Gasteiger charge is -2.16. The number of benzene rings is 2. The predicted molar refractivity (Wildman–Crippen MR) is 120 cm³/mol. The summed E-state index contributed by atoms with van der Waals surface area (Å²) in [4.78, 5) is 24.5. The van der Waals surface area contributed by atoms with Gasteiger partial charge in [-0.3, -0.25) is 20.4 Å². The molecule has 2 rings (SSSR count). The molecule has 2 atom stereocenters. The van der Waals surface area contributed by atoms with Gasteiger partial charge in [-0.15, -0.1) is 0 Å². The van der Waals surface area contributed by atoms with E-state index < -0.39 is 5.91 Å². The smallest absolute Gasteiger partial charge is 0.276 e. The monoisotopic (exact) mass is 410 g/mol. The lowest BCUT2D eigenvalue weighted by molar-refractivity contribution is -0.130. The van der Waals surface area contributed by atoms with E-state index in [-0.39, 0.29) is 18.4 Å². The summed E-state index contributed by atoms with van der Waals surface area (Å²) in [6.07, 6.45) is 2.00. The molecule has 30 heavy (non-hydrogen) atoms. The van der Waals surface area contributed by atoms with E-state index in [0.717, 1.165) is 24.0 Å². The number of para-hydroxylation sites is 1. The van der Waals surface area contributed by atoms with E-state index in [1.807, 2.05) is 43.3 Å². The predicted octanol–water partition coefficient (Wildman–Crippen LogP) is 4.73. The fourth-order valence-corrected chi connectivity index (χ4v) is 3.22. The summed E-state index contributed by atoms with van der Waals surface area (Å²) in [6.45, 7) is 10.3. The first-order chi connectivity index (χ1) is 14.3. The molecule has 2 aromatic rings. The number of hydrogen-bond acceptors (Lipinski definition) is 3. The maximum Gasteiger partial charge on any atom is 0.276 e. The van der Waals surface area contributed by atoms with Crippen molar-refractivity contribution in [2.24, 2.45) is 5.92 Å². The number of ether oxygens (including phenoxy) is 1. The number of carbonyl (C=O) groups is 2. The molecule has 162 valence electrons. The molecule has 2 unspecified atom stereocenters. The van der Waals surface area contributed by atoms with Crippen LogP contribution in [0, 0.1) is 5.92 Å². The molecule has 0 aliphatic heterocycles. The third-order valence-electron chi connectivity index (χ3n) is 5.26. The highest BCUT2D eigenvalue weighted by molar-refractivity contribution is 5.86. The molecular formula is C25H34N2O3. The van der Waals surface area contributed by atoms with Crippen molar-refractivity contribution in [3.63, 3.8) is 0 Å². The molecule has 5 nitrogen and oxygen atoms in total. The van der Waals surface area contributed by atoms with Gasteiger partial charge in [0.1, 0.15) is 5.75 Å². The van der Waals surface area contributed by atoms with Crippen LogP contribution in [-0.4, -0.2) is 18.4 Å². The number of nitrogens with one attached hydrogen (secondary N) is 2. The highest BCUT2D eigenvalue weighted by Crippen LogP contribution is 2.28. The fourth-order valence-electron chi connectivity index (χ4n) is 3.22. The maximum absolute atomic E-state index is 12.4. The van der Waals surface area contributed by atoms with Crippen LogP contribution < -0.4 is 15.6 Å². The Bertz CT molecular complexity index is 831. The van der Waals surface area contributed by atoms with E-state index in [4.69, 9.17) is 4.74 Å². The number of hydrazine groups is 1. The van der Waals surface area contributed by atoms with E-state index in [1.165, 1.54) is 5.56 Å². The zero-order valence-electron chi connectivity index (χ0n) is 18.7. The van der Waals surface area contributed by atoms with Gasteiger partial charge in [0.25, 0.3) is 5.91 Å². The van der Waals surface area contributed by atoms with Crippen LogP contribution >= 0.6 is 0 Å². The molecule has 0 bridgehead atoms. The highest BCUT2D eigenvalue weighted by Gasteiger charge is 2.16. The van der Waals surface area contributed by atoms with Crippen molar-refractivity contribution in [3.05, 3.63) is 65.2 Å². The van der Waals surface area contributed by atoms with E-state index in [0.29, 0.717) is 17.6 Å². The molecule has 5 heteroatoms. The van der Waals surface area contributed by atoms with E-state index in [9.17, 15) is 9.59 Å². The quantitative estimate of drug-likeness (QED) is 0.587. The Kier molecular flexibility index (Phi) is 8.90. The van der Waals surface area contributed by atoms with Gasteiger partial charge in [-0.1, -0.05) is 70.2 Å². The van der Waals surface area contributed by atoms with Gasteiger partial charge < -0.3 is 4.74 Å². The van der Waals surface area contributed by atoms with Crippen LogP contribution in [0.4, 0.5) is 0 Å². The van der Waals surface area contributed by atoms with Crippen molar-refractivity contribution >= 4 is 11.8 Å². The second kappa shape index (κ2) is 11.4. The summed E-state index contributed by atoms with van der Waals surface area (Å²) in [7, 11) is 0. The van der Waals surface area contributed by atoms with E-state index in [1.54, 1.807) is 0 Å². The normalized spacial score (nSPS) is 12.9. The molecule has 2 aromatic carbocycles. The van der Waals surface area contributed by atoms with Crippen LogP contribution in [0.5, 0.6) is 5.75 Å². The van der Waals surface area contributed by atoms with Crippen molar-refractivity contribution in [1.82, 2.24) is 10.9 Å². The third-order valence-corrected chi connectivity index (χ3v) is 5.26. The van der Waals surface area contributed by atoms with Crippen molar-refractivity contribution in [2.75, 3.05) is 6.61 Å². The summed E-state index contributed by atoms with van der Waals surface area (Å²) in [5, 5.41) is 0. The SMILES string of the molecule is CCC(C)c1ccccc1OCC(=O)NNC(=O)C(C)c1ccc(CC(C)C)cc1. The Morgan fingerprint density at radius 2 is 1.60 bits per heavy atom. The average molecular weight is 411 g/mol. The molecule has 0 aromatic heterocycles. The summed E-state index contributed by atoms with van der Waals surface area (Å²) in [6, 6.07) is 15.8. The number of rotatable bonds is 9. The Labute approximate surface area is 180 Å². The number of amides is 2. The van der Waals surface area contributed by atoms with Crippen LogP contribution in [0.15, 0.2) is 48.5 Å². The van der Waals surface area contributed by atoms with Crippen molar-refractivity contribution in [2.45, 2.75) is 59.3 Å². The number of hydrogen-bond donors (Lipinski definition) is 2. The van der Waals surface area contributed by atoms with Crippen molar-refractivity contribution in [3.8, 4) is 5.75 Å². The lowest BCUT2D eigenvalue weighted by Crippen LogP contribution is -2.45. The van der Waals surface area contributed by atoms with Crippen LogP contribution in [0.3, 0.4) is 0 Å². The first kappa shape index (κ1) is 23.5. The van der Waals surface area contributed by atoms with E-state index in [2.05, 4.69) is 50.7 Å². The van der Waals surface area contributed by atoms with Crippen LogP contribution in [-0.2, 0) is 16.0 Å². The zero-order valence-corrected chi connectivity index (χ0v) is 18.7. The molecule has 0 heterocycles. The Morgan fingerprint density at radius 3 is 2.23 bits per heavy atom. The van der Waals surface area contributed by atoms with Crippen LogP contribution in [0.2, 0.25) is 0 Å². The van der Waals surface area contributed by atoms with Crippen LogP contribution in [0.25, 0.3) is 0 Å². The Morgan fingerprint density at radius 1 is 0.933 bits per heavy atom. The third kappa shape index (κ3) is 6.90. The van der Waals surface area contributed by atoms with Gasteiger partial charge in [0.2, 0.25) is 5.91 Å². The molecule has 0 saturated carbocycles. The molecule has 2 amide bonds. The first-order valence-corrected chi connectivity index (χ1v) is 10.7. The zero-order chi connectivity index (χ0) is 22.1. The molecule has 0 aliphatic carbocycles. The Balaban J connectivity index is 1.84. The van der Waals surface area contributed by atoms with Gasteiger partial charge >= 0.3 is 0 Å². The lowest BCUT2D eigenvalue weighted by atomic mass is 9.96. The first-order valence-electron chi connectivity index (χ1n) is 10.7. The standard InChI is InChI=1S/C25H34N2O3/c1-6-18(4)22-9-7-8-10-23(22)30-16-24(28)26-27-25(29)19(5)21-13-11-20(12-14-21)15-17(2)3/h7-14,17-19H,6,15-16H2,1-5H3,(H,26,28)(H,27,29). The summed E-state index contributed by atoms with van der Waals surface area (Å²) < 4.78 is 5.68. The number of carbonyl (C=O) groups excluding carboxylic acids is 2. The molecular weight excluding hydrogens is 376 g/mol. The minimum atomic E-state index is -0.401. The average Bonchev–Trinajstić information content (AvgIpc) is 2.75. The topological polar surface area (TPSA) is 67.4 Å². The summed E-state index contributed by atoms with van der Waals surface area (Å²) in [5.41, 5.74) is 8.17. The van der Waals surface area contributed by atoms with Gasteiger partial charge in [-0.2, -0.15) is 0 Å². The minimum absolute atomic E-state index is 0.161. The maximum atomic E-state index is 12.4. The van der Waals surface area contributed by atoms with Gasteiger partial charge in [0.05, 0.1) is 5.92 Å². The van der Waals surface area contributed by atoms with Crippen molar-refractivity contribution < 1.29 is 14.3 Å². The van der Waals surface area contributed by atoms with Gasteiger partial charge in [0, 0.05) is 0 Å². The molecule has 0 spiro atoms. The Hall–Kier alpha value is -2.82. The largest absolute Gasteiger partial charge is 0.483 e. The van der Waals surface area contributed by atoms with Gasteiger partial charge in [-0.05, 0) is 54.4 Å². The molecule has 0 saturated heterocycles. The second-order valence-electron chi connectivity index (χ2n) is 8.23. The van der Waals surface area contributed by atoms with Gasteiger partial charge in [-0.25, -0.2) is 0 Å². The van der Waals surface area contributed by atoms with Gasteiger partial charge in [0.15, 0.2) is 6.61 Å². The summed E-state index contributed by atoms with van der Waals surface area (Å²) in [5.74, 6) is 0.596. The molecule has 0 aliphatic rings. The second-order valence-corrected chi connectivity index (χ2v) is 8.23. The van der Waals surface area contributed by atoms with Crippen LogP contribution in [0.1, 0.15) is 69.6 Å². The molecule has 0 radical (unpaired) electrons.